The minimum Gasteiger partial charge on any atom is -0.481 e. The summed E-state index contributed by atoms with van der Waals surface area (Å²) >= 11 is 0. The second-order valence-electron chi connectivity index (χ2n) is 5.55. The lowest BCUT2D eigenvalue weighted by Crippen LogP contribution is -2.42. The number of aromatic nitrogens is 1. The van der Waals surface area contributed by atoms with E-state index in [1.54, 1.807) is 12.1 Å². The van der Waals surface area contributed by atoms with Crippen molar-refractivity contribution in [2.45, 2.75) is 19.4 Å². The highest BCUT2D eigenvalue weighted by Crippen LogP contribution is 2.36. The molecule has 1 aromatic heterocycles. The van der Waals surface area contributed by atoms with Crippen LogP contribution >= 0.6 is 0 Å². The first-order valence-electron chi connectivity index (χ1n) is 7.20. The molecule has 1 aliphatic carbocycles. The molecular weight excluding hydrogens is 296 g/mol. The number of para-hydroxylation sites is 2. The summed E-state index contributed by atoms with van der Waals surface area (Å²) in [6.45, 7) is 1.34. The van der Waals surface area contributed by atoms with Crippen LogP contribution in [0.25, 0.3) is 0 Å². The summed E-state index contributed by atoms with van der Waals surface area (Å²) < 4.78 is 5.82. The molecule has 23 heavy (non-hydrogen) atoms. The van der Waals surface area contributed by atoms with E-state index in [0.29, 0.717) is 17.1 Å². The van der Waals surface area contributed by atoms with Gasteiger partial charge in [-0.1, -0.05) is 12.1 Å². The van der Waals surface area contributed by atoms with E-state index in [1.165, 1.54) is 13.0 Å². The number of rotatable bonds is 1. The van der Waals surface area contributed by atoms with Gasteiger partial charge in [0, 0.05) is 13.0 Å². The zero-order valence-corrected chi connectivity index (χ0v) is 12.3. The average Bonchev–Trinajstić information content (AvgIpc) is 2.53. The van der Waals surface area contributed by atoms with Crippen molar-refractivity contribution in [1.29, 1.82) is 0 Å². The highest BCUT2D eigenvalue weighted by molar-refractivity contribution is 6.18. The molecule has 2 aliphatic rings. The smallest absolute Gasteiger partial charge is 0.192 e. The van der Waals surface area contributed by atoms with Gasteiger partial charge in [0.1, 0.15) is 17.5 Å². The van der Waals surface area contributed by atoms with Crippen LogP contribution in [-0.4, -0.2) is 28.4 Å². The molecule has 2 aromatic rings. The molecule has 6 nitrogen and oxygen atoms in total. The minimum absolute atomic E-state index is 0.0808. The number of aliphatic imine (C=N–C) groups is 1. The molecule has 1 atom stereocenters. The van der Waals surface area contributed by atoms with Crippen molar-refractivity contribution in [2.75, 3.05) is 0 Å². The number of hydrogen-bond acceptors (Lipinski definition) is 5. The number of benzene rings is 1. The SMILES string of the molecule is CC(=O)c1cc(=O)c2c([nH]1)C(=O)CC1Oc3ccccc3N=C21. The Labute approximate surface area is 130 Å². The topological polar surface area (TPSA) is 88.6 Å². The molecule has 0 bridgehead atoms. The van der Waals surface area contributed by atoms with Crippen molar-refractivity contribution >= 4 is 23.0 Å². The predicted molar refractivity (Wildman–Crippen MR) is 83.1 cm³/mol. The van der Waals surface area contributed by atoms with Crippen LogP contribution in [0, 0.1) is 0 Å². The lowest BCUT2D eigenvalue weighted by molar-refractivity contribution is 0.0930. The van der Waals surface area contributed by atoms with Crippen LogP contribution in [0.5, 0.6) is 5.75 Å². The van der Waals surface area contributed by atoms with Gasteiger partial charge in [-0.2, -0.15) is 0 Å². The largest absolute Gasteiger partial charge is 0.481 e. The second kappa shape index (κ2) is 4.74. The molecule has 114 valence electrons. The maximum atomic E-state index is 12.4. The summed E-state index contributed by atoms with van der Waals surface area (Å²) in [5.74, 6) is 0.0322. The third-order valence-corrected chi connectivity index (χ3v) is 4.00. The number of carbonyl (C=O) groups is 2. The van der Waals surface area contributed by atoms with Crippen LogP contribution in [0.4, 0.5) is 5.69 Å². The Morgan fingerprint density at radius 2 is 2.09 bits per heavy atom. The van der Waals surface area contributed by atoms with Crippen LogP contribution in [0.3, 0.4) is 0 Å². The molecule has 4 rings (SSSR count). The Hall–Kier alpha value is -3.02. The fourth-order valence-corrected chi connectivity index (χ4v) is 2.90. The number of ketones is 2. The molecule has 2 heterocycles. The van der Waals surface area contributed by atoms with Crippen molar-refractivity contribution in [3.63, 3.8) is 0 Å². The van der Waals surface area contributed by atoms with Gasteiger partial charge in [-0.25, -0.2) is 4.99 Å². The summed E-state index contributed by atoms with van der Waals surface area (Å²) in [5.41, 5.74) is 1.12. The number of fused-ring (bicyclic) bond motifs is 4. The number of nitrogens with zero attached hydrogens (tertiary/aromatic N) is 1. The average molecular weight is 308 g/mol. The monoisotopic (exact) mass is 308 g/mol. The Bertz CT molecular complexity index is 955. The van der Waals surface area contributed by atoms with Crippen LogP contribution in [0.2, 0.25) is 0 Å². The molecular formula is C17H12N2O4. The number of H-pyrrole nitrogens is 1. The van der Waals surface area contributed by atoms with Crippen molar-refractivity contribution < 1.29 is 14.3 Å². The van der Waals surface area contributed by atoms with E-state index in [2.05, 4.69) is 9.98 Å². The van der Waals surface area contributed by atoms with Crippen LogP contribution in [0.1, 0.15) is 39.9 Å². The van der Waals surface area contributed by atoms with Gasteiger partial charge in [-0.3, -0.25) is 14.4 Å². The highest BCUT2D eigenvalue weighted by atomic mass is 16.5. The van der Waals surface area contributed by atoms with E-state index < -0.39 is 11.5 Å². The molecule has 1 aliphatic heterocycles. The fourth-order valence-electron chi connectivity index (χ4n) is 2.90. The zero-order valence-electron chi connectivity index (χ0n) is 12.3. The van der Waals surface area contributed by atoms with E-state index in [1.807, 2.05) is 12.1 Å². The van der Waals surface area contributed by atoms with E-state index >= 15 is 0 Å². The highest BCUT2D eigenvalue weighted by Gasteiger charge is 2.37. The molecule has 0 saturated heterocycles. The lowest BCUT2D eigenvalue weighted by Gasteiger charge is -2.29. The van der Waals surface area contributed by atoms with E-state index in [0.717, 1.165) is 0 Å². The van der Waals surface area contributed by atoms with Crippen LogP contribution in [-0.2, 0) is 0 Å². The Kier molecular flexibility index (Phi) is 2.81. The van der Waals surface area contributed by atoms with Gasteiger partial charge in [-0.05, 0) is 12.1 Å². The number of hydrogen-bond donors (Lipinski definition) is 1. The summed E-state index contributed by atoms with van der Waals surface area (Å²) in [6.07, 6.45) is -0.494. The summed E-state index contributed by atoms with van der Waals surface area (Å²) in [7, 11) is 0. The molecule has 0 saturated carbocycles. The number of Topliss-reactive ketones (excluding diaryl/α,β-unsaturated/α-hetero) is 2. The predicted octanol–water partition coefficient (Wildman–Crippen LogP) is 2.05. The van der Waals surface area contributed by atoms with Crippen LogP contribution in [0.15, 0.2) is 40.1 Å². The standard InChI is InChI=1S/C17H12N2O4/c1-8(20)10-6-11(21)15-16(19-10)12(22)7-14-17(15)18-9-4-2-3-5-13(9)23-14/h2-6,14H,7H2,1H3,(H,19,21). The third-order valence-electron chi connectivity index (χ3n) is 4.00. The molecule has 0 amide bonds. The van der Waals surface area contributed by atoms with Crippen LogP contribution < -0.4 is 10.2 Å². The maximum Gasteiger partial charge on any atom is 0.192 e. The van der Waals surface area contributed by atoms with Crippen molar-refractivity contribution in [2.24, 2.45) is 4.99 Å². The van der Waals surface area contributed by atoms with Gasteiger partial charge < -0.3 is 9.72 Å². The third kappa shape index (κ3) is 2.03. The number of carbonyl (C=O) groups excluding carboxylic acids is 2. The first kappa shape index (κ1) is 13.6. The number of pyridine rings is 1. The Morgan fingerprint density at radius 3 is 2.87 bits per heavy atom. The molecule has 1 aromatic carbocycles. The van der Waals surface area contributed by atoms with Crippen molar-refractivity contribution in [1.82, 2.24) is 4.98 Å². The quantitative estimate of drug-likeness (QED) is 0.817. The summed E-state index contributed by atoms with van der Waals surface area (Å²) in [6, 6.07) is 8.42. The van der Waals surface area contributed by atoms with Gasteiger partial charge in [0.15, 0.2) is 17.0 Å². The first-order valence-corrected chi connectivity index (χ1v) is 7.20. The number of aromatic amines is 1. The zero-order chi connectivity index (χ0) is 16.1. The molecule has 6 heteroatoms. The van der Waals surface area contributed by atoms with E-state index in [-0.39, 0.29) is 34.9 Å². The summed E-state index contributed by atoms with van der Waals surface area (Å²) in [5, 5.41) is 0. The molecule has 0 fully saturated rings. The molecule has 1 N–H and O–H groups in total. The van der Waals surface area contributed by atoms with Crippen molar-refractivity contribution in [3.05, 3.63) is 57.5 Å². The van der Waals surface area contributed by atoms with E-state index in [9.17, 15) is 14.4 Å². The van der Waals surface area contributed by atoms with Crippen molar-refractivity contribution in [3.8, 4) is 5.75 Å². The molecule has 0 radical (unpaired) electrons. The van der Waals surface area contributed by atoms with Gasteiger partial charge >= 0.3 is 0 Å². The van der Waals surface area contributed by atoms with Gasteiger partial charge in [0.05, 0.1) is 29.1 Å². The number of nitrogens with one attached hydrogen (secondary N) is 1. The summed E-state index contributed by atoms with van der Waals surface area (Å²) in [4.78, 5) is 43.6. The lowest BCUT2D eigenvalue weighted by atomic mass is 9.88. The second-order valence-corrected chi connectivity index (χ2v) is 5.55. The molecule has 0 spiro atoms. The molecule has 1 unspecified atom stereocenters. The fraction of sp³-hybridized carbons (Fsp3) is 0.176. The Morgan fingerprint density at radius 1 is 1.30 bits per heavy atom. The van der Waals surface area contributed by atoms with E-state index in [4.69, 9.17) is 4.74 Å². The normalized spacial score (nSPS) is 18.2. The van der Waals surface area contributed by atoms with Gasteiger partial charge in [0.25, 0.3) is 0 Å². The van der Waals surface area contributed by atoms with Gasteiger partial charge in [0.2, 0.25) is 0 Å². The first-order chi connectivity index (χ1) is 11.0. The minimum atomic E-state index is -0.575. The Balaban J connectivity index is 1.98. The van der Waals surface area contributed by atoms with Gasteiger partial charge in [-0.15, -0.1) is 0 Å². The maximum absolute atomic E-state index is 12.4. The number of ether oxygens (including phenoxy) is 1.